The van der Waals surface area contributed by atoms with Gasteiger partial charge in [0.05, 0.1) is 16.4 Å². The van der Waals surface area contributed by atoms with Gasteiger partial charge in [-0.1, -0.05) is 17.7 Å². The minimum atomic E-state index is -3.86. The summed E-state index contributed by atoms with van der Waals surface area (Å²) in [5.74, 6) is -0.180. The molecule has 3 rings (SSSR count). The third kappa shape index (κ3) is 3.66. The monoisotopic (exact) mass is 396 g/mol. The Kier molecular flexibility index (Phi) is 5.15. The molecule has 9 heteroatoms. The number of carbonyl (C=O) groups is 1. The summed E-state index contributed by atoms with van der Waals surface area (Å²) in [6.45, 7) is 1.40. The van der Waals surface area contributed by atoms with Crippen LogP contribution in [0.25, 0.3) is 0 Å². The second-order valence-electron chi connectivity index (χ2n) is 6.38. The van der Waals surface area contributed by atoms with E-state index in [1.54, 1.807) is 42.1 Å². The number of nitrogens with zero attached hydrogens (tertiary/aromatic N) is 2. The smallest absolute Gasteiger partial charge is 0.270 e. The molecule has 1 aliphatic heterocycles. The van der Waals surface area contributed by atoms with Crippen molar-refractivity contribution in [3.63, 3.8) is 0 Å². The molecule has 0 unspecified atom stereocenters. The first kappa shape index (κ1) is 18.6. The molecule has 7 nitrogen and oxygen atoms in total. The van der Waals surface area contributed by atoms with Gasteiger partial charge < -0.3 is 14.8 Å². The lowest BCUT2D eigenvalue weighted by Crippen LogP contribution is -2.27. The van der Waals surface area contributed by atoms with E-state index in [4.69, 9.17) is 11.6 Å². The van der Waals surface area contributed by atoms with Crippen LogP contribution in [0.15, 0.2) is 35.4 Å². The predicted molar refractivity (Wildman–Crippen MR) is 103 cm³/mol. The van der Waals surface area contributed by atoms with E-state index in [1.165, 1.54) is 12.3 Å². The zero-order valence-corrected chi connectivity index (χ0v) is 16.2. The van der Waals surface area contributed by atoms with Crippen molar-refractivity contribution in [2.75, 3.05) is 36.8 Å². The first-order valence-electron chi connectivity index (χ1n) is 8.26. The number of aromatic nitrogens is 1. The van der Waals surface area contributed by atoms with Gasteiger partial charge in [0, 0.05) is 33.4 Å². The highest BCUT2D eigenvalue weighted by molar-refractivity contribution is 7.92. The number of hydrogen-bond donors (Lipinski definition) is 2. The number of sulfonamides is 1. The number of benzene rings is 1. The van der Waals surface area contributed by atoms with E-state index >= 15 is 0 Å². The van der Waals surface area contributed by atoms with Gasteiger partial charge in [0.1, 0.15) is 10.6 Å². The second-order valence-corrected chi connectivity index (χ2v) is 8.47. The molecule has 2 N–H and O–H groups in total. The number of likely N-dealkylation sites (tertiary alicyclic amines) is 1. The summed E-state index contributed by atoms with van der Waals surface area (Å²) in [6, 6.07) is 6.37. The molecule has 2 aromatic rings. The summed E-state index contributed by atoms with van der Waals surface area (Å²) >= 11 is 6.18. The summed E-state index contributed by atoms with van der Waals surface area (Å²) in [4.78, 5) is 18.6. The fourth-order valence-corrected chi connectivity index (χ4v) is 4.40. The Morgan fingerprint density at radius 3 is 2.62 bits per heavy atom. The van der Waals surface area contributed by atoms with Gasteiger partial charge in [-0.15, -0.1) is 0 Å². The third-order valence-corrected chi connectivity index (χ3v) is 5.92. The average molecular weight is 397 g/mol. The number of hydrogen-bond acceptors (Lipinski definition) is 4. The van der Waals surface area contributed by atoms with Gasteiger partial charge in [0.15, 0.2) is 0 Å². The SMILES string of the molecule is CN(C)c1c(Cl)cccc1NS(=O)(=O)c1c[nH]c(C(=O)N2CCCC2)c1. The van der Waals surface area contributed by atoms with Crippen LogP contribution in [-0.2, 0) is 10.0 Å². The standard InChI is InChI=1S/C17H21ClN4O3S/c1-21(2)16-13(18)6-5-7-14(16)20-26(24,25)12-10-15(19-11-12)17(23)22-8-3-4-9-22/h5-7,10-11,19-20H,3-4,8-9H2,1-2H3. The maximum atomic E-state index is 12.7. The third-order valence-electron chi connectivity index (χ3n) is 4.27. The zero-order chi connectivity index (χ0) is 18.9. The molecule has 0 saturated carbocycles. The lowest BCUT2D eigenvalue weighted by atomic mass is 10.2. The molecule has 1 aliphatic rings. The van der Waals surface area contributed by atoms with Gasteiger partial charge in [-0.25, -0.2) is 8.42 Å². The molecular weight excluding hydrogens is 376 g/mol. The van der Waals surface area contributed by atoms with E-state index in [0.717, 1.165) is 12.8 Å². The lowest BCUT2D eigenvalue weighted by Gasteiger charge is -2.19. The van der Waals surface area contributed by atoms with Crippen LogP contribution < -0.4 is 9.62 Å². The predicted octanol–water partition coefficient (Wildman–Crippen LogP) is 2.77. The van der Waals surface area contributed by atoms with Crippen molar-refractivity contribution in [1.82, 2.24) is 9.88 Å². The van der Waals surface area contributed by atoms with Crippen molar-refractivity contribution in [3.05, 3.63) is 41.2 Å². The molecule has 0 aliphatic carbocycles. The molecule has 2 heterocycles. The highest BCUT2D eigenvalue weighted by atomic mass is 35.5. The van der Waals surface area contributed by atoms with Gasteiger partial charge in [-0.3, -0.25) is 9.52 Å². The molecule has 0 bridgehead atoms. The molecule has 1 fully saturated rings. The van der Waals surface area contributed by atoms with Gasteiger partial charge in [0.2, 0.25) is 0 Å². The Bertz CT molecular complexity index is 918. The Morgan fingerprint density at radius 1 is 1.27 bits per heavy atom. The van der Waals surface area contributed by atoms with Crippen LogP contribution in [0.2, 0.25) is 5.02 Å². The first-order valence-corrected chi connectivity index (χ1v) is 10.1. The number of H-pyrrole nitrogens is 1. The van der Waals surface area contributed by atoms with Crippen molar-refractivity contribution >= 4 is 38.9 Å². The van der Waals surface area contributed by atoms with E-state index < -0.39 is 10.0 Å². The normalized spacial score (nSPS) is 14.5. The summed E-state index contributed by atoms with van der Waals surface area (Å²) in [6.07, 6.45) is 3.27. The topological polar surface area (TPSA) is 85.5 Å². The molecule has 140 valence electrons. The molecule has 1 aromatic carbocycles. The molecule has 1 saturated heterocycles. The summed E-state index contributed by atoms with van der Waals surface area (Å²) in [5, 5.41) is 0.439. The van der Waals surface area contributed by atoms with Gasteiger partial charge in [-0.05, 0) is 31.0 Å². The zero-order valence-electron chi connectivity index (χ0n) is 14.6. The fourth-order valence-electron chi connectivity index (χ4n) is 3.00. The molecular formula is C17H21ClN4O3S. The van der Waals surface area contributed by atoms with Crippen molar-refractivity contribution in [2.45, 2.75) is 17.7 Å². The van der Waals surface area contributed by atoms with Gasteiger partial charge in [0.25, 0.3) is 15.9 Å². The molecule has 1 aromatic heterocycles. The van der Waals surface area contributed by atoms with E-state index in [2.05, 4.69) is 9.71 Å². The highest BCUT2D eigenvalue weighted by Crippen LogP contribution is 2.33. The quantitative estimate of drug-likeness (QED) is 0.813. The fraction of sp³-hybridized carbons (Fsp3) is 0.353. The maximum absolute atomic E-state index is 12.7. The number of halogens is 1. The number of rotatable bonds is 5. The summed E-state index contributed by atoms with van der Waals surface area (Å²) in [5.41, 5.74) is 1.21. The number of carbonyl (C=O) groups excluding carboxylic acids is 1. The number of nitrogens with one attached hydrogen (secondary N) is 2. The average Bonchev–Trinajstić information content (AvgIpc) is 3.26. The van der Waals surface area contributed by atoms with Crippen LogP contribution in [0.3, 0.4) is 0 Å². The van der Waals surface area contributed by atoms with Crippen molar-refractivity contribution < 1.29 is 13.2 Å². The Hall–Kier alpha value is -2.19. The van der Waals surface area contributed by atoms with E-state index in [1.807, 2.05) is 0 Å². The van der Waals surface area contributed by atoms with E-state index in [-0.39, 0.29) is 16.5 Å². The lowest BCUT2D eigenvalue weighted by molar-refractivity contribution is 0.0787. The van der Waals surface area contributed by atoms with Crippen molar-refractivity contribution in [3.8, 4) is 0 Å². The Balaban J connectivity index is 1.86. The Morgan fingerprint density at radius 2 is 1.96 bits per heavy atom. The molecule has 26 heavy (non-hydrogen) atoms. The van der Waals surface area contributed by atoms with Crippen LogP contribution in [0.4, 0.5) is 11.4 Å². The second kappa shape index (κ2) is 7.20. The molecule has 0 spiro atoms. The van der Waals surface area contributed by atoms with Gasteiger partial charge in [-0.2, -0.15) is 0 Å². The van der Waals surface area contributed by atoms with Gasteiger partial charge >= 0.3 is 0 Å². The molecule has 0 atom stereocenters. The van der Waals surface area contributed by atoms with Crippen LogP contribution in [0, 0.1) is 0 Å². The number of aromatic amines is 1. The van der Waals surface area contributed by atoms with E-state index in [0.29, 0.717) is 29.5 Å². The molecule has 1 amide bonds. The first-order chi connectivity index (χ1) is 12.3. The van der Waals surface area contributed by atoms with Crippen LogP contribution in [0.5, 0.6) is 0 Å². The van der Waals surface area contributed by atoms with Crippen molar-refractivity contribution in [1.29, 1.82) is 0 Å². The summed E-state index contributed by atoms with van der Waals surface area (Å²) in [7, 11) is -0.300. The molecule has 0 radical (unpaired) electrons. The Labute approximate surface area is 158 Å². The summed E-state index contributed by atoms with van der Waals surface area (Å²) < 4.78 is 28.0. The van der Waals surface area contributed by atoms with Crippen molar-refractivity contribution in [2.24, 2.45) is 0 Å². The van der Waals surface area contributed by atoms with E-state index in [9.17, 15) is 13.2 Å². The van der Waals surface area contributed by atoms with Crippen LogP contribution in [0.1, 0.15) is 23.3 Å². The maximum Gasteiger partial charge on any atom is 0.270 e. The minimum absolute atomic E-state index is 0.00438. The number of anilines is 2. The largest absolute Gasteiger partial charge is 0.375 e. The minimum Gasteiger partial charge on any atom is -0.375 e. The number of amides is 1. The van der Waals surface area contributed by atoms with Crippen LogP contribution >= 0.6 is 11.6 Å². The van der Waals surface area contributed by atoms with Crippen LogP contribution in [-0.4, -0.2) is 51.4 Å². The number of para-hydroxylation sites is 1. The highest BCUT2D eigenvalue weighted by Gasteiger charge is 2.24.